The van der Waals surface area contributed by atoms with Gasteiger partial charge in [0.15, 0.2) is 0 Å². The third-order valence-electron chi connectivity index (χ3n) is 3.65. The third-order valence-corrected chi connectivity index (χ3v) is 5.04. The lowest BCUT2D eigenvalue weighted by molar-refractivity contribution is 0.911. The Hall–Kier alpha value is -0.920. The zero-order valence-corrected chi connectivity index (χ0v) is 12.4. The predicted octanol–water partition coefficient (Wildman–Crippen LogP) is 5.21. The Balaban J connectivity index is 1.65. The molecule has 0 spiro atoms. The molecule has 0 aromatic heterocycles. The lowest BCUT2D eigenvalue weighted by Gasteiger charge is -2.05. The maximum absolute atomic E-state index is 5.80. The Morgan fingerprint density at radius 2 is 1.63 bits per heavy atom. The van der Waals surface area contributed by atoms with E-state index < -0.39 is 0 Å². The van der Waals surface area contributed by atoms with Crippen LogP contribution < -0.4 is 0 Å². The number of rotatable bonds is 4. The average Bonchev–Trinajstić information content (AvgIpc) is 2.93. The Labute approximate surface area is 124 Å². The van der Waals surface area contributed by atoms with Crippen LogP contribution in [0.3, 0.4) is 0 Å². The van der Waals surface area contributed by atoms with Crippen LogP contribution in [0.5, 0.6) is 0 Å². The number of aryl methyl sites for hydroxylation is 2. The van der Waals surface area contributed by atoms with Gasteiger partial charge in [-0.3, -0.25) is 0 Å². The molecule has 2 aromatic rings. The van der Waals surface area contributed by atoms with E-state index >= 15 is 0 Å². The van der Waals surface area contributed by atoms with Crippen molar-refractivity contribution in [1.82, 2.24) is 0 Å². The first-order valence-corrected chi connectivity index (χ1v) is 8.25. The van der Waals surface area contributed by atoms with E-state index in [1.807, 2.05) is 11.8 Å². The first-order valence-electron chi connectivity index (χ1n) is 6.73. The quantitative estimate of drug-likeness (QED) is 0.550. The SMILES string of the molecule is ClCc1ccc(SCc2ccc3c(c2)CCC3)cc1. The molecule has 0 aliphatic heterocycles. The number of hydrogen-bond acceptors (Lipinski definition) is 1. The molecule has 2 heteroatoms. The van der Waals surface area contributed by atoms with Gasteiger partial charge in [0, 0.05) is 16.5 Å². The van der Waals surface area contributed by atoms with E-state index in [4.69, 9.17) is 11.6 Å². The standard InChI is InChI=1S/C17H17ClS/c18-11-13-5-8-17(9-6-13)19-12-14-4-7-15-2-1-3-16(15)10-14/h4-10H,1-3,11-12H2. The molecule has 0 unspecified atom stereocenters. The summed E-state index contributed by atoms with van der Waals surface area (Å²) in [5, 5.41) is 0. The molecule has 0 nitrogen and oxygen atoms in total. The normalized spacial score (nSPS) is 13.5. The molecule has 0 N–H and O–H groups in total. The van der Waals surface area contributed by atoms with Gasteiger partial charge in [-0.05, 0) is 53.6 Å². The monoisotopic (exact) mass is 288 g/mol. The molecule has 1 aliphatic rings. The Morgan fingerprint density at radius 1 is 0.895 bits per heavy atom. The predicted molar refractivity (Wildman–Crippen MR) is 84.0 cm³/mol. The maximum atomic E-state index is 5.80. The summed E-state index contributed by atoms with van der Waals surface area (Å²) >= 11 is 7.69. The molecule has 0 radical (unpaired) electrons. The fraction of sp³-hybridized carbons (Fsp3) is 0.294. The maximum Gasteiger partial charge on any atom is 0.0474 e. The van der Waals surface area contributed by atoms with Gasteiger partial charge in [-0.25, -0.2) is 0 Å². The summed E-state index contributed by atoms with van der Waals surface area (Å²) in [5.74, 6) is 1.64. The van der Waals surface area contributed by atoms with Gasteiger partial charge in [-0.2, -0.15) is 0 Å². The molecule has 0 saturated heterocycles. The summed E-state index contributed by atoms with van der Waals surface area (Å²) in [7, 11) is 0. The number of alkyl halides is 1. The van der Waals surface area contributed by atoms with Gasteiger partial charge in [-0.1, -0.05) is 30.3 Å². The summed E-state index contributed by atoms with van der Waals surface area (Å²) in [4.78, 5) is 1.31. The van der Waals surface area contributed by atoms with Crippen LogP contribution in [0.25, 0.3) is 0 Å². The number of hydrogen-bond donors (Lipinski definition) is 0. The van der Waals surface area contributed by atoms with Gasteiger partial charge in [0.25, 0.3) is 0 Å². The van der Waals surface area contributed by atoms with Crippen LogP contribution in [0.2, 0.25) is 0 Å². The van der Waals surface area contributed by atoms with Crippen molar-refractivity contribution in [3.63, 3.8) is 0 Å². The van der Waals surface area contributed by atoms with Crippen LogP contribution >= 0.6 is 23.4 Å². The summed E-state index contributed by atoms with van der Waals surface area (Å²) in [6.07, 6.45) is 3.85. The largest absolute Gasteiger partial charge is 0.122 e. The molecular formula is C17H17ClS. The van der Waals surface area contributed by atoms with Crippen molar-refractivity contribution >= 4 is 23.4 Å². The van der Waals surface area contributed by atoms with Crippen molar-refractivity contribution in [1.29, 1.82) is 0 Å². The van der Waals surface area contributed by atoms with Crippen LogP contribution in [0.15, 0.2) is 47.4 Å². The number of thioether (sulfide) groups is 1. The van der Waals surface area contributed by atoms with E-state index in [2.05, 4.69) is 42.5 Å². The second-order valence-corrected chi connectivity index (χ2v) is 6.34. The molecular weight excluding hydrogens is 272 g/mol. The molecule has 1 aliphatic carbocycles. The summed E-state index contributed by atoms with van der Waals surface area (Å²) < 4.78 is 0. The summed E-state index contributed by atoms with van der Waals surface area (Å²) in [6.45, 7) is 0. The zero-order valence-electron chi connectivity index (χ0n) is 10.9. The summed E-state index contributed by atoms with van der Waals surface area (Å²) in [5.41, 5.74) is 5.74. The number of benzene rings is 2. The second kappa shape index (κ2) is 6.02. The average molecular weight is 289 g/mol. The van der Waals surface area contributed by atoms with Gasteiger partial charge in [0.05, 0.1) is 0 Å². The highest BCUT2D eigenvalue weighted by Crippen LogP contribution is 2.27. The van der Waals surface area contributed by atoms with E-state index in [1.165, 1.54) is 35.3 Å². The highest BCUT2D eigenvalue weighted by atomic mass is 35.5. The van der Waals surface area contributed by atoms with Crippen molar-refractivity contribution in [2.75, 3.05) is 0 Å². The first-order chi connectivity index (χ1) is 9.35. The Kier molecular flexibility index (Phi) is 4.15. The van der Waals surface area contributed by atoms with E-state index in [9.17, 15) is 0 Å². The van der Waals surface area contributed by atoms with Crippen molar-refractivity contribution in [2.24, 2.45) is 0 Å². The van der Waals surface area contributed by atoms with Gasteiger partial charge < -0.3 is 0 Å². The van der Waals surface area contributed by atoms with E-state index in [0.29, 0.717) is 5.88 Å². The highest BCUT2D eigenvalue weighted by molar-refractivity contribution is 7.98. The molecule has 0 fully saturated rings. The van der Waals surface area contributed by atoms with E-state index in [0.717, 1.165) is 5.75 Å². The van der Waals surface area contributed by atoms with Crippen LogP contribution in [0.4, 0.5) is 0 Å². The number of halogens is 1. The molecule has 2 aromatic carbocycles. The van der Waals surface area contributed by atoms with Crippen molar-refractivity contribution in [3.8, 4) is 0 Å². The van der Waals surface area contributed by atoms with Crippen LogP contribution in [0.1, 0.15) is 28.7 Å². The van der Waals surface area contributed by atoms with Crippen molar-refractivity contribution in [2.45, 2.75) is 35.8 Å². The minimum absolute atomic E-state index is 0.593. The highest BCUT2D eigenvalue weighted by Gasteiger charge is 2.10. The van der Waals surface area contributed by atoms with Gasteiger partial charge in [-0.15, -0.1) is 23.4 Å². The Morgan fingerprint density at radius 3 is 2.42 bits per heavy atom. The van der Waals surface area contributed by atoms with E-state index in [-0.39, 0.29) is 0 Å². The summed E-state index contributed by atoms with van der Waals surface area (Å²) in [6, 6.07) is 15.5. The zero-order chi connectivity index (χ0) is 13.1. The lowest BCUT2D eigenvalue weighted by atomic mass is 10.1. The van der Waals surface area contributed by atoms with Crippen molar-refractivity contribution in [3.05, 3.63) is 64.7 Å². The minimum Gasteiger partial charge on any atom is -0.122 e. The Bertz CT molecular complexity index is 560. The molecule has 0 atom stereocenters. The molecule has 19 heavy (non-hydrogen) atoms. The molecule has 3 rings (SSSR count). The minimum atomic E-state index is 0.593. The van der Waals surface area contributed by atoms with Gasteiger partial charge >= 0.3 is 0 Å². The first kappa shape index (κ1) is 13.1. The second-order valence-electron chi connectivity index (χ2n) is 5.02. The topological polar surface area (TPSA) is 0 Å². The molecule has 0 saturated carbocycles. The van der Waals surface area contributed by atoms with Gasteiger partial charge in [0.2, 0.25) is 0 Å². The third kappa shape index (κ3) is 3.16. The lowest BCUT2D eigenvalue weighted by Crippen LogP contribution is -1.87. The fourth-order valence-corrected chi connectivity index (χ4v) is 3.58. The van der Waals surface area contributed by atoms with Crippen molar-refractivity contribution < 1.29 is 0 Å². The van der Waals surface area contributed by atoms with Gasteiger partial charge in [0.1, 0.15) is 0 Å². The van der Waals surface area contributed by atoms with E-state index in [1.54, 1.807) is 11.1 Å². The van der Waals surface area contributed by atoms with Crippen LogP contribution in [0, 0.1) is 0 Å². The molecule has 0 heterocycles. The van der Waals surface area contributed by atoms with Crippen LogP contribution in [-0.4, -0.2) is 0 Å². The molecule has 98 valence electrons. The smallest absolute Gasteiger partial charge is 0.0474 e. The molecule has 0 bridgehead atoms. The molecule has 0 amide bonds. The fourth-order valence-electron chi connectivity index (χ4n) is 2.56. The van der Waals surface area contributed by atoms with Crippen LogP contribution in [-0.2, 0) is 24.5 Å². The number of fused-ring (bicyclic) bond motifs is 1.